The van der Waals surface area contributed by atoms with Gasteiger partial charge in [-0.25, -0.2) is 9.07 Å². The number of nitrogens with one attached hydrogen (secondary N) is 1. The molecule has 1 aromatic carbocycles. The summed E-state index contributed by atoms with van der Waals surface area (Å²) in [5.74, 6) is 1.41. The molecule has 0 radical (unpaired) electrons. The monoisotopic (exact) mass is 427 g/mol. The van der Waals surface area contributed by atoms with Gasteiger partial charge in [-0.15, -0.1) is 0 Å². The standard InChI is InChI=1S/C23H30FN5O2/c1-15-9-16(2)13-27(12-15)8-4-7-25-22(30)14-28-23(31)21-11-18-10-19(24)5-6-20(18)29(21)17(3)26-28/h5-6,10-11,15-16H,4,7-9,12-14H2,1-3H3,(H,25,30). The molecule has 0 bridgehead atoms. The lowest BCUT2D eigenvalue weighted by Gasteiger charge is -2.34. The molecule has 0 aliphatic carbocycles. The fraction of sp³-hybridized carbons (Fsp3) is 0.522. The van der Waals surface area contributed by atoms with Gasteiger partial charge in [0.15, 0.2) is 0 Å². The SMILES string of the molecule is Cc1nn(CC(=O)NCCCN2CC(C)CC(C)C2)c(=O)c2cc3cc(F)ccc3n12. The highest BCUT2D eigenvalue weighted by Gasteiger charge is 2.21. The summed E-state index contributed by atoms with van der Waals surface area (Å²) < 4.78 is 16.4. The summed E-state index contributed by atoms with van der Waals surface area (Å²) in [6.07, 6.45) is 2.16. The Hall–Kier alpha value is -2.74. The molecule has 1 aliphatic rings. The molecule has 1 amide bonds. The molecule has 166 valence electrons. The number of aryl methyl sites for hydroxylation is 1. The number of rotatable bonds is 6. The van der Waals surface area contributed by atoms with Crippen molar-refractivity contribution >= 4 is 22.3 Å². The predicted molar refractivity (Wildman–Crippen MR) is 119 cm³/mol. The zero-order valence-corrected chi connectivity index (χ0v) is 18.4. The van der Waals surface area contributed by atoms with E-state index in [2.05, 4.69) is 29.2 Å². The molecule has 4 rings (SSSR count). The Morgan fingerprint density at radius 1 is 1.19 bits per heavy atom. The van der Waals surface area contributed by atoms with Crippen molar-refractivity contribution in [2.24, 2.45) is 11.8 Å². The fourth-order valence-electron chi connectivity index (χ4n) is 4.89. The molecule has 3 heterocycles. The van der Waals surface area contributed by atoms with Crippen molar-refractivity contribution < 1.29 is 9.18 Å². The Balaban J connectivity index is 1.39. The zero-order valence-electron chi connectivity index (χ0n) is 18.4. The lowest BCUT2D eigenvalue weighted by Crippen LogP contribution is -2.40. The quantitative estimate of drug-likeness (QED) is 0.614. The molecule has 1 N–H and O–H groups in total. The second-order valence-corrected chi connectivity index (χ2v) is 8.99. The van der Waals surface area contributed by atoms with Crippen LogP contribution < -0.4 is 10.9 Å². The second kappa shape index (κ2) is 8.78. The Kier molecular flexibility index (Phi) is 6.09. The highest BCUT2D eigenvalue weighted by Crippen LogP contribution is 2.21. The van der Waals surface area contributed by atoms with Gasteiger partial charge >= 0.3 is 0 Å². The van der Waals surface area contributed by atoms with Crippen molar-refractivity contribution in [1.29, 1.82) is 0 Å². The maximum atomic E-state index is 13.6. The molecule has 7 nitrogen and oxygen atoms in total. The summed E-state index contributed by atoms with van der Waals surface area (Å²) in [6.45, 7) is 9.98. The highest BCUT2D eigenvalue weighted by atomic mass is 19.1. The van der Waals surface area contributed by atoms with E-state index in [-0.39, 0.29) is 23.8 Å². The van der Waals surface area contributed by atoms with E-state index in [1.807, 2.05) is 0 Å². The van der Waals surface area contributed by atoms with E-state index in [1.54, 1.807) is 23.5 Å². The minimum atomic E-state index is -0.367. The van der Waals surface area contributed by atoms with Gasteiger partial charge in [0.1, 0.15) is 23.7 Å². The molecule has 31 heavy (non-hydrogen) atoms. The zero-order chi connectivity index (χ0) is 22.1. The lowest BCUT2D eigenvalue weighted by molar-refractivity contribution is -0.121. The van der Waals surface area contributed by atoms with E-state index in [0.717, 1.165) is 43.4 Å². The molecule has 8 heteroatoms. The molecule has 2 unspecified atom stereocenters. The summed E-state index contributed by atoms with van der Waals surface area (Å²) in [6, 6.07) is 6.03. The number of amides is 1. The van der Waals surface area contributed by atoms with E-state index in [1.165, 1.54) is 23.2 Å². The maximum Gasteiger partial charge on any atom is 0.291 e. The molecule has 1 aliphatic heterocycles. The molecule has 0 saturated carbocycles. The molecule has 2 atom stereocenters. The molecule has 2 aromatic heterocycles. The summed E-state index contributed by atoms with van der Waals surface area (Å²) >= 11 is 0. The first-order chi connectivity index (χ1) is 14.8. The fourth-order valence-corrected chi connectivity index (χ4v) is 4.89. The van der Waals surface area contributed by atoms with Crippen LogP contribution in [0.2, 0.25) is 0 Å². The van der Waals surface area contributed by atoms with E-state index in [4.69, 9.17) is 0 Å². The van der Waals surface area contributed by atoms with Gasteiger partial charge in [-0.2, -0.15) is 5.10 Å². The smallest absolute Gasteiger partial charge is 0.291 e. The summed E-state index contributed by atoms with van der Waals surface area (Å²) in [4.78, 5) is 27.7. The first-order valence-electron chi connectivity index (χ1n) is 11.0. The number of hydrogen-bond donors (Lipinski definition) is 1. The van der Waals surface area contributed by atoms with Crippen LogP contribution in [0.5, 0.6) is 0 Å². The maximum absolute atomic E-state index is 13.6. The van der Waals surface area contributed by atoms with Crippen molar-refractivity contribution in [2.45, 2.75) is 40.2 Å². The van der Waals surface area contributed by atoms with Gasteiger partial charge in [0.05, 0.1) is 5.52 Å². The van der Waals surface area contributed by atoms with Crippen LogP contribution in [-0.4, -0.2) is 51.2 Å². The minimum Gasteiger partial charge on any atom is -0.354 e. The van der Waals surface area contributed by atoms with E-state index in [0.29, 0.717) is 23.3 Å². The third-order valence-electron chi connectivity index (χ3n) is 6.02. The normalized spacial score (nSPS) is 19.9. The summed E-state index contributed by atoms with van der Waals surface area (Å²) in [5, 5.41) is 7.84. The molecular weight excluding hydrogens is 397 g/mol. The first-order valence-corrected chi connectivity index (χ1v) is 11.0. The third-order valence-corrected chi connectivity index (χ3v) is 6.02. The van der Waals surface area contributed by atoms with Crippen molar-refractivity contribution in [3.63, 3.8) is 0 Å². The number of halogens is 1. The van der Waals surface area contributed by atoms with Gasteiger partial charge < -0.3 is 10.2 Å². The van der Waals surface area contributed by atoms with E-state index >= 15 is 0 Å². The summed E-state index contributed by atoms with van der Waals surface area (Å²) in [7, 11) is 0. The van der Waals surface area contributed by atoms with Crippen LogP contribution in [0, 0.1) is 24.6 Å². The van der Waals surface area contributed by atoms with Gasteiger partial charge in [-0.1, -0.05) is 13.8 Å². The van der Waals surface area contributed by atoms with E-state index in [9.17, 15) is 14.0 Å². The molecule has 0 spiro atoms. The number of likely N-dealkylation sites (tertiary alicyclic amines) is 1. The van der Waals surface area contributed by atoms with Crippen molar-refractivity contribution in [2.75, 3.05) is 26.2 Å². The number of nitrogens with zero attached hydrogens (tertiary/aromatic N) is 4. The topological polar surface area (TPSA) is 71.6 Å². The Morgan fingerprint density at radius 3 is 2.68 bits per heavy atom. The van der Waals surface area contributed by atoms with Crippen LogP contribution in [0.25, 0.3) is 16.4 Å². The Morgan fingerprint density at radius 2 is 1.94 bits per heavy atom. The molecular formula is C23H30FN5O2. The molecule has 1 saturated heterocycles. The first kappa shape index (κ1) is 21.5. The average molecular weight is 428 g/mol. The van der Waals surface area contributed by atoms with Crippen LogP contribution in [0.1, 0.15) is 32.5 Å². The van der Waals surface area contributed by atoms with E-state index < -0.39 is 0 Å². The predicted octanol–water partition coefficient (Wildman–Crippen LogP) is 2.58. The van der Waals surface area contributed by atoms with Gasteiger partial charge in [-0.3, -0.25) is 14.0 Å². The van der Waals surface area contributed by atoms with Gasteiger partial charge in [0, 0.05) is 25.0 Å². The Bertz CT molecular complexity index is 1160. The third kappa shape index (κ3) is 4.63. The Labute approximate surface area is 180 Å². The number of benzene rings is 1. The van der Waals surface area contributed by atoms with Gasteiger partial charge in [0.25, 0.3) is 5.56 Å². The largest absolute Gasteiger partial charge is 0.354 e. The highest BCUT2D eigenvalue weighted by molar-refractivity contribution is 5.87. The molecule has 1 fully saturated rings. The van der Waals surface area contributed by atoms with Crippen LogP contribution in [0.15, 0.2) is 29.1 Å². The lowest BCUT2D eigenvalue weighted by atomic mass is 9.92. The molecule has 3 aromatic rings. The number of piperidine rings is 1. The van der Waals surface area contributed by atoms with Crippen LogP contribution in [0.3, 0.4) is 0 Å². The number of carbonyl (C=O) groups excluding carboxylic acids is 1. The van der Waals surface area contributed by atoms with Crippen molar-refractivity contribution in [3.8, 4) is 0 Å². The minimum absolute atomic E-state index is 0.135. The average Bonchev–Trinajstić information content (AvgIpc) is 3.08. The van der Waals surface area contributed by atoms with Crippen LogP contribution in [-0.2, 0) is 11.3 Å². The number of aromatic nitrogens is 3. The van der Waals surface area contributed by atoms with Crippen molar-refractivity contribution in [3.05, 3.63) is 46.3 Å². The van der Waals surface area contributed by atoms with Crippen LogP contribution >= 0.6 is 0 Å². The number of fused-ring (bicyclic) bond motifs is 3. The number of hydrogen-bond acceptors (Lipinski definition) is 4. The second-order valence-electron chi connectivity index (χ2n) is 8.99. The van der Waals surface area contributed by atoms with Crippen LogP contribution in [0.4, 0.5) is 4.39 Å². The number of carbonyl (C=O) groups is 1. The van der Waals surface area contributed by atoms with Gasteiger partial charge in [-0.05, 0) is 62.4 Å². The summed E-state index contributed by atoms with van der Waals surface area (Å²) in [5.41, 5.74) is 0.735. The van der Waals surface area contributed by atoms with Gasteiger partial charge in [0.2, 0.25) is 5.91 Å². The van der Waals surface area contributed by atoms with Crippen molar-refractivity contribution in [1.82, 2.24) is 24.4 Å².